The largest absolute Gasteiger partial charge is 0.419 e. The molecule has 0 aromatic heterocycles. The van der Waals surface area contributed by atoms with E-state index in [0.29, 0.717) is 5.57 Å². The highest BCUT2D eigenvalue weighted by atomic mass is 16.7. The summed E-state index contributed by atoms with van der Waals surface area (Å²) in [5, 5.41) is 0. The molecule has 0 aliphatic carbocycles. The van der Waals surface area contributed by atoms with Gasteiger partial charge in [0.1, 0.15) is 5.57 Å². The fourth-order valence-corrected chi connectivity index (χ4v) is 2.08. The molecule has 4 heteroatoms. The monoisotopic (exact) mass is 274 g/mol. The van der Waals surface area contributed by atoms with Gasteiger partial charge in [0.25, 0.3) is 5.79 Å². The number of benzene rings is 1. The molecule has 1 aliphatic rings. The van der Waals surface area contributed by atoms with Crippen LogP contribution >= 0.6 is 0 Å². The molecule has 4 nitrogen and oxygen atoms in total. The van der Waals surface area contributed by atoms with Crippen LogP contribution in [0.15, 0.2) is 23.8 Å². The van der Waals surface area contributed by atoms with Crippen LogP contribution in [0.4, 0.5) is 0 Å². The SMILES string of the molecule is CC(=C1C(=O)OC(C)(C)OC1=O)c1ccc(C)c(C)c1. The van der Waals surface area contributed by atoms with E-state index in [1.807, 2.05) is 32.0 Å². The van der Waals surface area contributed by atoms with Crippen molar-refractivity contribution >= 4 is 17.5 Å². The number of cyclic esters (lactones) is 2. The van der Waals surface area contributed by atoms with Gasteiger partial charge < -0.3 is 9.47 Å². The molecule has 1 aliphatic heterocycles. The van der Waals surface area contributed by atoms with Crippen molar-refractivity contribution in [3.05, 3.63) is 40.5 Å². The van der Waals surface area contributed by atoms with E-state index < -0.39 is 17.7 Å². The first kappa shape index (κ1) is 14.3. The highest BCUT2D eigenvalue weighted by Crippen LogP contribution is 2.29. The van der Waals surface area contributed by atoms with Crippen LogP contribution in [0, 0.1) is 13.8 Å². The standard InChI is InChI=1S/C16H18O4/c1-9-6-7-12(8-10(9)2)11(3)13-14(17)19-16(4,5)20-15(13)18/h6-8H,1-5H3. The Balaban J connectivity index is 2.48. The fraction of sp³-hybridized carbons (Fsp3) is 0.375. The predicted octanol–water partition coefficient (Wildman–Crippen LogP) is 2.91. The third kappa shape index (κ3) is 2.59. The Morgan fingerprint density at radius 2 is 1.55 bits per heavy atom. The van der Waals surface area contributed by atoms with Crippen molar-refractivity contribution in [3.8, 4) is 0 Å². The van der Waals surface area contributed by atoms with Crippen molar-refractivity contribution < 1.29 is 19.1 Å². The zero-order valence-corrected chi connectivity index (χ0v) is 12.4. The summed E-state index contributed by atoms with van der Waals surface area (Å²) in [5.41, 5.74) is 3.60. The van der Waals surface area contributed by atoms with Gasteiger partial charge in [-0.2, -0.15) is 0 Å². The first-order valence-corrected chi connectivity index (χ1v) is 6.46. The molecule has 0 spiro atoms. The van der Waals surface area contributed by atoms with Crippen molar-refractivity contribution in [3.63, 3.8) is 0 Å². The second-order valence-electron chi connectivity index (χ2n) is 5.48. The Morgan fingerprint density at radius 1 is 1.00 bits per heavy atom. The Hall–Kier alpha value is -2.10. The molecular formula is C16H18O4. The zero-order chi connectivity index (χ0) is 15.1. The maximum atomic E-state index is 12.0. The molecule has 0 N–H and O–H groups in total. The lowest BCUT2D eigenvalue weighted by molar-refractivity contribution is -0.222. The van der Waals surface area contributed by atoms with Crippen LogP contribution in [0.3, 0.4) is 0 Å². The van der Waals surface area contributed by atoms with E-state index in [0.717, 1.165) is 16.7 Å². The van der Waals surface area contributed by atoms with Crippen molar-refractivity contribution in [2.75, 3.05) is 0 Å². The lowest BCUT2D eigenvalue weighted by Crippen LogP contribution is -2.42. The van der Waals surface area contributed by atoms with Gasteiger partial charge in [0.15, 0.2) is 0 Å². The molecule has 0 unspecified atom stereocenters. The smallest absolute Gasteiger partial charge is 0.349 e. The average molecular weight is 274 g/mol. The van der Waals surface area contributed by atoms with E-state index in [2.05, 4.69) is 0 Å². The minimum Gasteiger partial charge on any atom is -0.419 e. The number of carbonyl (C=O) groups is 2. The summed E-state index contributed by atoms with van der Waals surface area (Å²) in [6.45, 7) is 8.78. The molecule has 1 aromatic rings. The first-order valence-electron chi connectivity index (χ1n) is 6.46. The molecule has 106 valence electrons. The highest BCUT2D eigenvalue weighted by molar-refractivity contribution is 6.20. The van der Waals surface area contributed by atoms with Gasteiger partial charge in [-0.1, -0.05) is 18.2 Å². The lowest BCUT2D eigenvalue weighted by Gasteiger charge is -2.30. The molecule has 0 bridgehead atoms. The zero-order valence-electron chi connectivity index (χ0n) is 12.4. The minimum absolute atomic E-state index is 0.0346. The van der Waals surface area contributed by atoms with Crippen LogP contribution in [-0.4, -0.2) is 17.7 Å². The van der Waals surface area contributed by atoms with Crippen LogP contribution in [0.1, 0.15) is 37.5 Å². The molecule has 1 heterocycles. The lowest BCUT2D eigenvalue weighted by atomic mass is 9.97. The van der Waals surface area contributed by atoms with Gasteiger partial charge in [0.05, 0.1) is 0 Å². The van der Waals surface area contributed by atoms with E-state index in [-0.39, 0.29) is 5.57 Å². The summed E-state index contributed by atoms with van der Waals surface area (Å²) in [4.78, 5) is 24.0. The van der Waals surface area contributed by atoms with E-state index >= 15 is 0 Å². The Labute approximate surface area is 118 Å². The molecule has 0 saturated carbocycles. The number of hydrogen-bond acceptors (Lipinski definition) is 4. The van der Waals surface area contributed by atoms with Crippen molar-refractivity contribution in [2.45, 2.75) is 40.4 Å². The van der Waals surface area contributed by atoms with Gasteiger partial charge in [-0.25, -0.2) is 9.59 Å². The topological polar surface area (TPSA) is 52.6 Å². The number of carbonyl (C=O) groups excluding carboxylic acids is 2. The number of esters is 2. The third-order valence-electron chi connectivity index (χ3n) is 3.40. The molecule has 1 fully saturated rings. The van der Waals surface area contributed by atoms with Crippen LogP contribution < -0.4 is 0 Å². The molecule has 2 rings (SSSR count). The van der Waals surface area contributed by atoms with Crippen molar-refractivity contribution in [2.24, 2.45) is 0 Å². The summed E-state index contributed by atoms with van der Waals surface area (Å²) in [6, 6.07) is 5.78. The third-order valence-corrected chi connectivity index (χ3v) is 3.40. The molecular weight excluding hydrogens is 256 g/mol. The molecule has 0 atom stereocenters. The van der Waals surface area contributed by atoms with Crippen molar-refractivity contribution in [1.82, 2.24) is 0 Å². The van der Waals surface area contributed by atoms with Gasteiger partial charge in [0.2, 0.25) is 0 Å². The van der Waals surface area contributed by atoms with E-state index in [9.17, 15) is 9.59 Å². The van der Waals surface area contributed by atoms with E-state index in [1.54, 1.807) is 6.92 Å². The minimum atomic E-state index is -1.21. The number of aryl methyl sites for hydroxylation is 2. The molecule has 20 heavy (non-hydrogen) atoms. The first-order chi connectivity index (χ1) is 9.21. The van der Waals surface area contributed by atoms with Gasteiger partial charge in [-0.3, -0.25) is 0 Å². The molecule has 1 saturated heterocycles. The molecule has 1 aromatic carbocycles. The summed E-state index contributed by atoms with van der Waals surface area (Å²) < 4.78 is 10.2. The average Bonchev–Trinajstić information content (AvgIpc) is 2.29. The second-order valence-corrected chi connectivity index (χ2v) is 5.48. The Morgan fingerprint density at radius 3 is 2.05 bits per heavy atom. The number of hydrogen-bond donors (Lipinski definition) is 0. The van der Waals surface area contributed by atoms with Crippen LogP contribution in [-0.2, 0) is 19.1 Å². The van der Waals surface area contributed by atoms with Gasteiger partial charge in [-0.05, 0) is 43.0 Å². The highest BCUT2D eigenvalue weighted by Gasteiger charge is 2.40. The Kier molecular flexibility index (Phi) is 3.42. The van der Waals surface area contributed by atoms with E-state index in [4.69, 9.17) is 9.47 Å². The number of rotatable bonds is 1. The molecule has 0 radical (unpaired) electrons. The number of ether oxygens (including phenoxy) is 2. The summed E-state index contributed by atoms with van der Waals surface area (Å²) >= 11 is 0. The van der Waals surface area contributed by atoms with Crippen LogP contribution in [0.5, 0.6) is 0 Å². The maximum Gasteiger partial charge on any atom is 0.349 e. The predicted molar refractivity (Wildman–Crippen MR) is 74.8 cm³/mol. The normalized spacial score (nSPS) is 17.6. The number of allylic oxidation sites excluding steroid dienone is 1. The maximum absolute atomic E-state index is 12.0. The fourth-order valence-electron chi connectivity index (χ4n) is 2.08. The second kappa shape index (κ2) is 4.78. The summed E-state index contributed by atoms with van der Waals surface area (Å²) in [5.74, 6) is -2.48. The summed E-state index contributed by atoms with van der Waals surface area (Å²) in [7, 11) is 0. The quantitative estimate of drug-likeness (QED) is 0.449. The van der Waals surface area contributed by atoms with Gasteiger partial charge in [0, 0.05) is 13.8 Å². The Bertz CT molecular complexity index is 601. The van der Waals surface area contributed by atoms with Crippen LogP contribution in [0.25, 0.3) is 5.57 Å². The molecule has 0 amide bonds. The van der Waals surface area contributed by atoms with Crippen LogP contribution in [0.2, 0.25) is 0 Å². The summed E-state index contributed by atoms with van der Waals surface area (Å²) in [6.07, 6.45) is 0. The van der Waals surface area contributed by atoms with Gasteiger partial charge >= 0.3 is 11.9 Å². The van der Waals surface area contributed by atoms with Crippen molar-refractivity contribution in [1.29, 1.82) is 0 Å². The van der Waals surface area contributed by atoms with Gasteiger partial charge in [-0.15, -0.1) is 0 Å². The van der Waals surface area contributed by atoms with E-state index in [1.165, 1.54) is 13.8 Å².